The predicted molar refractivity (Wildman–Crippen MR) is 62.3 cm³/mol. The fraction of sp³-hybridized carbons (Fsp3) is 0.800. The molecule has 0 aliphatic rings. The number of ketones is 1. The number of carbonyl (C=O) groups excluding carboxylic acids is 2. The lowest BCUT2D eigenvalue weighted by atomic mass is 10.3. The molecule has 0 bridgehead atoms. The highest BCUT2D eigenvalue weighted by molar-refractivity contribution is 6.62. The molecule has 0 aromatic rings. The predicted octanol–water partition coefficient (Wildman–Crippen LogP) is 0.705. The van der Waals surface area contributed by atoms with E-state index in [9.17, 15) is 9.59 Å². The summed E-state index contributed by atoms with van der Waals surface area (Å²) in [6, 6.07) is 0. The quantitative estimate of drug-likeness (QED) is 0.365. The summed E-state index contributed by atoms with van der Waals surface area (Å²) >= 11 is 0. The van der Waals surface area contributed by atoms with Crippen LogP contribution in [0.1, 0.15) is 26.7 Å². The van der Waals surface area contributed by atoms with E-state index in [2.05, 4.69) is 0 Å². The Morgan fingerprint density at radius 1 is 1.12 bits per heavy atom. The maximum absolute atomic E-state index is 11.4. The van der Waals surface area contributed by atoms with Crippen molar-refractivity contribution in [1.82, 2.24) is 0 Å². The maximum atomic E-state index is 11.4. The summed E-state index contributed by atoms with van der Waals surface area (Å²) in [6.07, 6.45) is 0.240. The van der Waals surface area contributed by atoms with Crippen LogP contribution in [-0.2, 0) is 27.6 Å². The van der Waals surface area contributed by atoms with E-state index in [1.807, 2.05) is 6.92 Å². The van der Waals surface area contributed by atoms with Gasteiger partial charge in [0.15, 0.2) is 5.73 Å². The molecule has 0 radical (unpaired) electrons. The average molecular weight is 264 g/mol. The van der Waals surface area contributed by atoms with Crippen LogP contribution in [0.4, 0.5) is 0 Å². The molecule has 0 rings (SSSR count). The van der Waals surface area contributed by atoms with Crippen molar-refractivity contribution in [2.75, 3.05) is 21.3 Å². The lowest BCUT2D eigenvalue weighted by Crippen LogP contribution is -2.56. The van der Waals surface area contributed by atoms with Crippen LogP contribution in [0.15, 0.2) is 0 Å². The second kappa shape index (κ2) is 7.54. The molecule has 0 aliphatic heterocycles. The fourth-order valence-electron chi connectivity index (χ4n) is 1.45. The first-order chi connectivity index (χ1) is 7.95. The molecule has 7 heteroatoms. The van der Waals surface area contributed by atoms with Crippen LogP contribution in [0.2, 0.25) is 0 Å². The number of Topliss-reactive ketones (excluding diaryl/α,β-unsaturated/α-hetero) is 1. The first-order valence-electron chi connectivity index (χ1n) is 5.30. The zero-order chi connectivity index (χ0) is 13.5. The Balaban J connectivity index is 4.70. The molecule has 0 N–H and O–H groups in total. The molecular weight excluding hydrogens is 244 g/mol. The Morgan fingerprint density at radius 2 is 1.59 bits per heavy atom. The first kappa shape index (κ1) is 16.2. The summed E-state index contributed by atoms with van der Waals surface area (Å²) in [5.74, 6) is -0.836. The van der Waals surface area contributed by atoms with Crippen molar-refractivity contribution >= 4 is 20.6 Å². The number of rotatable bonds is 8. The zero-order valence-corrected chi connectivity index (χ0v) is 11.9. The van der Waals surface area contributed by atoms with Gasteiger partial charge in [0.05, 0.1) is 0 Å². The molecule has 0 amide bonds. The van der Waals surface area contributed by atoms with Gasteiger partial charge in [-0.05, 0) is 13.3 Å². The van der Waals surface area contributed by atoms with Crippen LogP contribution >= 0.6 is 0 Å². The standard InChI is InChI=1S/C10H20O6Si/c1-6-10(16-9(12)7-8(2)11)17(13-3,14-4)15-5/h10H,6-7H2,1-5H3. The van der Waals surface area contributed by atoms with Crippen LogP contribution in [0, 0.1) is 0 Å². The SMILES string of the molecule is CCC(OC(=O)CC(C)=O)[Si](OC)(OC)OC. The van der Waals surface area contributed by atoms with Gasteiger partial charge in [-0.3, -0.25) is 9.59 Å². The van der Waals surface area contributed by atoms with Crippen LogP contribution in [-0.4, -0.2) is 47.6 Å². The minimum Gasteiger partial charge on any atom is -0.457 e. The molecule has 100 valence electrons. The Morgan fingerprint density at radius 3 is 1.88 bits per heavy atom. The van der Waals surface area contributed by atoms with E-state index < -0.39 is 20.5 Å². The number of carbonyl (C=O) groups is 2. The normalized spacial score (nSPS) is 13.2. The molecule has 1 unspecified atom stereocenters. The third kappa shape index (κ3) is 4.54. The van der Waals surface area contributed by atoms with Crippen molar-refractivity contribution in [3.63, 3.8) is 0 Å². The second-order valence-corrected chi connectivity index (χ2v) is 6.56. The zero-order valence-electron chi connectivity index (χ0n) is 10.9. The van der Waals surface area contributed by atoms with Crippen molar-refractivity contribution < 1.29 is 27.6 Å². The minimum atomic E-state index is -3.02. The lowest BCUT2D eigenvalue weighted by Gasteiger charge is -2.31. The molecule has 17 heavy (non-hydrogen) atoms. The molecule has 0 aromatic heterocycles. The van der Waals surface area contributed by atoms with E-state index in [0.29, 0.717) is 6.42 Å². The molecule has 0 saturated heterocycles. The molecule has 0 heterocycles. The van der Waals surface area contributed by atoms with Gasteiger partial charge in [-0.15, -0.1) is 0 Å². The molecule has 1 atom stereocenters. The van der Waals surface area contributed by atoms with Crippen molar-refractivity contribution in [2.45, 2.75) is 32.4 Å². The van der Waals surface area contributed by atoms with E-state index in [-0.39, 0.29) is 12.2 Å². The van der Waals surface area contributed by atoms with Crippen molar-refractivity contribution in [2.24, 2.45) is 0 Å². The summed E-state index contributed by atoms with van der Waals surface area (Å²) < 4.78 is 20.9. The fourth-order valence-corrected chi connectivity index (χ4v) is 3.52. The molecule has 0 aliphatic carbocycles. The van der Waals surface area contributed by atoms with Crippen LogP contribution in [0.3, 0.4) is 0 Å². The van der Waals surface area contributed by atoms with E-state index >= 15 is 0 Å². The van der Waals surface area contributed by atoms with Crippen LogP contribution in [0.25, 0.3) is 0 Å². The number of ether oxygens (including phenoxy) is 1. The van der Waals surface area contributed by atoms with Gasteiger partial charge in [0.25, 0.3) is 0 Å². The van der Waals surface area contributed by atoms with E-state index in [4.69, 9.17) is 18.0 Å². The summed E-state index contributed by atoms with van der Waals surface area (Å²) in [5, 5.41) is 0. The van der Waals surface area contributed by atoms with Gasteiger partial charge >= 0.3 is 14.8 Å². The van der Waals surface area contributed by atoms with Crippen molar-refractivity contribution in [1.29, 1.82) is 0 Å². The highest BCUT2D eigenvalue weighted by Gasteiger charge is 2.49. The van der Waals surface area contributed by atoms with Crippen LogP contribution in [0.5, 0.6) is 0 Å². The molecular formula is C10H20O6Si. The van der Waals surface area contributed by atoms with E-state index in [1.165, 1.54) is 28.3 Å². The van der Waals surface area contributed by atoms with Crippen LogP contribution < -0.4 is 0 Å². The van der Waals surface area contributed by atoms with Gasteiger partial charge in [-0.2, -0.15) is 0 Å². The number of hydrogen-bond acceptors (Lipinski definition) is 6. The lowest BCUT2D eigenvalue weighted by molar-refractivity contribution is -0.150. The Labute approximate surface area is 103 Å². The first-order valence-corrected chi connectivity index (χ1v) is 7.10. The van der Waals surface area contributed by atoms with Gasteiger partial charge in [0.1, 0.15) is 12.2 Å². The van der Waals surface area contributed by atoms with E-state index in [0.717, 1.165) is 0 Å². The Bertz CT molecular complexity index is 255. The summed E-state index contributed by atoms with van der Waals surface area (Å²) in [6.45, 7) is 3.15. The summed E-state index contributed by atoms with van der Waals surface area (Å²) in [4.78, 5) is 22.2. The third-order valence-electron chi connectivity index (χ3n) is 2.29. The highest BCUT2D eigenvalue weighted by Crippen LogP contribution is 2.18. The number of esters is 1. The molecule has 0 fully saturated rings. The minimum absolute atomic E-state index is 0.246. The maximum Gasteiger partial charge on any atom is 0.543 e. The van der Waals surface area contributed by atoms with Gasteiger partial charge in [0, 0.05) is 21.3 Å². The Hall–Kier alpha value is -0.763. The highest BCUT2D eigenvalue weighted by atomic mass is 28.4. The van der Waals surface area contributed by atoms with Crippen molar-refractivity contribution in [3.05, 3.63) is 0 Å². The smallest absolute Gasteiger partial charge is 0.457 e. The largest absolute Gasteiger partial charge is 0.543 e. The number of hydrogen-bond donors (Lipinski definition) is 0. The third-order valence-corrected chi connectivity index (χ3v) is 5.31. The Kier molecular flexibility index (Phi) is 7.20. The molecule has 0 aromatic carbocycles. The van der Waals surface area contributed by atoms with Crippen molar-refractivity contribution in [3.8, 4) is 0 Å². The summed E-state index contributed by atoms with van der Waals surface area (Å²) in [7, 11) is 1.32. The van der Waals surface area contributed by atoms with Gasteiger partial charge in [-0.25, -0.2) is 0 Å². The van der Waals surface area contributed by atoms with Gasteiger partial charge < -0.3 is 18.0 Å². The second-order valence-electron chi connectivity index (χ2n) is 3.48. The molecule has 6 nitrogen and oxygen atoms in total. The average Bonchev–Trinajstić information content (AvgIpc) is 2.29. The monoisotopic (exact) mass is 264 g/mol. The molecule has 0 saturated carbocycles. The molecule has 0 spiro atoms. The van der Waals surface area contributed by atoms with E-state index in [1.54, 1.807) is 0 Å². The van der Waals surface area contributed by atoms with Gasteiger partial charge in [-0.1, -0.05) is 6.92 Å². The topological polar surface area (TPSA) is 71.1 Å². The van der Waals surface area contributed by atoms with Gasteiger partial charge in [0.2, 0.25) is 0 Å². The summed E-state index contributed by atoms with van der Waals surface area (Å²) in [5.41, 5.74) is -0.602.